The summed E-state index contributed by atoms with van der Waals surface area (Å²) in [6.45, 7) is 6.23. The second kappa shape index (κ2) is 10.3. The van der Waals surface area contributed by atoms with Crippen molar-refractivity contribution in [1.82, 2.24) is 15.2 Å². The maximum Gasteiger partial charge on any atom is 0.293 e. The van der Waals surface area contributed by atoms with Crippen molar-refractivity contribution in [3.05, 3.63) is 64.3 Å². The van der Waals surface area contributed by atoms with Gasteiger partial charge >= 0.3 is 0 Å². The fourth-order valence-corrected chi connectivity index (χ4v) is 3.92. The summed E-state index contributed by atoms with van der Waals surface area (Å²) in [6, 6.07) is 9.50. The van der Waals surface area contributed by atoms with Gasteiger partial charge in [0.25, 0.3) is 17.1 Å². The van der Waals surface area contributed by atoms with Crippen LogP contribution in [0.2, 0.25) is 0 Å². The molecule has 0 spiro atoms. The summed E-state index contributed by atoms with van der Waals surface area (Å²) in [7, 11) is 0. The number of pyridine rings is 1. The first kappa shape index (κ1) is 22.6. The van der Waals surface area contributed by atoms with Gasteiger partial charge in [0, 0.05) is 25.5 Å². The summed E-state index contributed by atoms with van der Waals surface area (Å²) in [6.07, 6.45) is 4.89. The van der Waals surface area contributed by atoms with Crippen LogP contribution in [0.15, 0.2) is 47.6 Å². The number of hydrogen-bond donors (Lipinski definition) is 1. The molecule has 8 heteroatoms. The predicted molar refractivity (Wildman–Crippen MR) is 121 cm³/mol. The summed E-state index contributed by atoms with van der Waals surface area (Å²) in [5.74, 6) is 0.286. The van der Waals surface area contributed by atoms with Crippen LogP contribution in [-0.2, 0) is 9.59 Å². The van der Waals surface area contributed by atoms with Crippen molar-refractivity contribution in [2.24, 2.45) is 0 Å². The van der Waals surface area contributed by atoms with Crippen LogP contribution >= 0.6 is 11.8 Å². The summed E-state index contributed by atoms with van der Waals surface area (Å²) < 4.78 is 5.71. The molecule has 1 N–H and O–H groups in total. The zero-order valence-electron chi connectivity index (χ0n) is 17.8. The summed E-state index contributed by atoms with van der Waals surface area (Å²) >= 11 is 0.882. The van der Waals surface area contributed by atoms with E-state index in [2.05, 4.69) is 24.1 Å². The number of benzene rings is 1. The van der Waals surface area contributed by atoms with Gasteiger partial charge in [-0.25, -0.2) is 0 Å². The van der Waals surface area contributed by atoms with Crippen LogP contribution in [0.25, 0.3) is 6.08 Å². The molecule has 2 aromatic rings. The van der Waals surface area contributed by atoms with E-state index in [4.69, 9.17) is 4.74 Å². The second-order valence-corrected chi connectivity index (χ2v) is 8.45. The van der Waals surface area contributed by atoms with Gasteiger partial charge in [-0.05, 0) is 59.5 Å². The van der Waals surface area contributed by atoms with Crippen molar-refractivity contribution in [3.8, 4) is 5.75 Å². The Labute approximate surface area is 185 Å². The number of rotatable bonds is 8. The number of imide groups is 1. The predicted octanol–water partition coefficient (Wildman–Crippen LogP) is 3.74. The van der Waals surface area contributed by atoms with Crippen molar-refractivity contribution in [2.75, 3.05) is 19.7 Å². The van der Waals surface area contributed by atoms with Crippen LogP contribution in [0.3, 0.4) is 0 Å². The number of amides is 3. The van der Waals surface area contributed by atoms with E-state index in [0.717, 1.165) is 33.4 Å². The molecule has 1 fully saturated rings. The molecule has 7 nitrogen and oxygen atoms in total. The lowest BCUT2D eigenvalue weighted by atomic mass is 10.0. The highest BCUT2D eigenvalue weighted by atomic mass is 32.2. The summed E-state index contributed by atoms with van der Waals surface area (Å²) in [4.78, 5) is 42.3. The van der Waals surface area contributed by atoms with Crippen LogP contribution in [0.5, 0.6) is 5.75 Å². The molecule has 1 aliphatic rings. The van der Waals surface area contributed by atoms with Crippen molar-refractivity contribution >= 4 is 34.9 Å². The van der Waals surface area contributed by atoms with Crippen LogP contribution < -0.4 is 10.1 Å². The van der Waals surface area contributed by atoms with Gasteiger partial charge in [0.2, 0.25) is 0 Å². The van der Waals surface area contributed by atoms with Crippen molar-refractivity contribution < 1.29 is 19.1 Å². The minimum absolute atomic E-state index is 0.0997. The number of thioether (sulfide) groups is 1. The molecule has 2 heterocycles. The third-order valence-electron chi connectivity index (χ3n) is 4.66. The van der Waals surface area contributed by atoms with E-state index in [9.17, 15) is 14.4 Å². The topological polar surface area (TPSA) is 88.6 Å². The standard InChI is InChI=1S/C23H25N3O4S/c1-15(2)18-7-6-16(3)11-19(18)30-14-21(27)25-9-10-26-22(28)20(31-23(26)29)12-17-5-4-8-24-13-17/h4-8,11-13,15H,9-10,14H2,1-3H3,(H,25,27). The van der Waals surface area contributed by atoms with Gasteiger partial charge in [0.05, 0.1) is 4.91 Å². The average Bonchev–Trinajstić information content (AvgIpc) is 3.00. The molecule has 0 saturated carbocycles. The number of aryl methyl sites for hydroxylation is 1. The highest BCUT2D eigenvalue weighted by Gasteiger charge is 2.34. The number of aromatic nitrogens is 1. The molecule has 0 unspecified atom stereocenters. The van der Waals surface area contributed by atoms with Crippen LogP contribution in [0.4, 0.5) is 4.79 Å². The Balaban J connectivity index is 1.50. The van der Waals surface area contributed by atoms with Crippen molar-refractivity contribution in [1.29, 1.82) is 0 Å². The molecule has 1 aromatic heterocycles. The fourth-order valence-electron chi connectivity index (χ4n) is 3.05. The van der Waals surface area contributed by atoms with Gasteiger partial charge in [-0.15, -0.1) is 0 Å². The zero-order valence-corrected chi connectivity index (χ0v) is 18.6. The smallest absolute Gasteiger partial charge is 0.293 e. The molecule has 0 aliphatic carbocycles. The number of ether oxygens (including phenoxy) is 1. The number of nitrogens with zero attached hydrogens (tertiary/aromatic N) is 2. The van der Waals surface area contributed by atoms with E-state index in [0.29, 0.717) is 10.7 Å². The second-order valence-electron chi connectivity index (χ2n) is 7.45. The Kier molecular flexibility index (Phi) is 7.46. The molecule has 1 aromatic carbocycles. The quantitative estimate of drug-likeness (QED) is 0.631. The Morgan fingerprint density at radius 3 is 2.81 bits per heavy atom. The minimum atomic E-state index is -0.370. The number of hydrogen-bond acceptors (Lipinski definition) is 6. The van der Waals surface area contributed by atoms with Crippen LogP contribution in [0.1, 0.15) is 36.5 Å². The number of carbonyl (C=O) groups excluding carboxylic acids is 3. The summed E-state index contributed by atoms with van der Waals surface area (Å²) in [5.41, 5.74) is 2.84. The highest BCUT2D eigenvalue weighted by molar-refractivity contribution is 8.18. The van der Waals surface area contributed by atoms with Gasteiger partial charge < -0.3 is 10.1 Å². The van der Waals surface area contributed by atoms with Gasteiger partial charge in [0.15, 0.2) is 6.61 Å². The summed E-state index contributed by atoms with van der Waals surface area (Å²) in [5, 5.41) is 2.35. The first-order chi connectivity index (χ1) is 14.8. The Bertz CT molecular complexity index is 1010. The number of nitrogens with one attached hydrogen (secondary N) is 1. The van der Waals surface area contributed by atoms with E-state index in [1.165, 1.54) is 0 Å². The van der Waals surface area contributed by atoms with Crippen LogP contribution in [-0.4, -0.2) is 46.6 Å². The van der Waals surface area contributed by atoms with Gasteiger partial charge in [-0.3, -0.25) is 24.3 Å². The van der Waals surface area contributed by atoms with Crippen LogP contribution in [0, 0.1) is 6.92 Å². The highest BCUT2D eigenvalue weighted by Crippen LogP contribution is 2.31. The maximum atomic E-state index is 12.5. The SMILES string of the molecule is Cc1ccc(C(C)C)c(OCC(=O)NCCN2C(=O)SC(=Cc3cccnc3)C2=O)c1. The van der Waals surface area contributed by atoms with Crippen molar-refractivity contribution in [3.63, 3.8) is 0 Å². The molecule has 0 atom stereocenters. The van der Waals surface area contributed by atoms with E-state index in [1.807, 2.05) is 25.1 Å². The molecule has 3 rings (SSSR count). The van der Waals surface area contributed by atoms with E-state index in [1.54, 1.807) is 30.6 Å². The zero-order chi connectivity index (χ0) is 22.4. The molecule has 162 valence electrons. The molecule has 0 radical (unpaired) electrons. The first-order valence-electron chi connectivity index (χ1n) is 10.0. The van der Waals surface area contributed by atoms with E-state index >= 15 is 0 Å². The normalized spacial score (nSPS) is 15.1. The first-order valence-corrected chi connectivity index (χ1v) is 10.8. The largest absolute Gasteiger partial charge is 0.483 e. The third-order valence-corrected chi connectivity index (χ3v) is 5.57. The molecule has 1 aliphatic heterocycles. The molecular weight excluding hydrogens is 414 g/mol. The molecule has 1 saturated heterocycles. The Hall–Kier alpha value is -3.13. The lowest BCUT2D eigenvalue weighted by molar-refractivity contribution is -0.125. The van der Waals surface area contributed by atoms with E-state index < -0.39 is 0 Å². The molecule has 3 amide bonds. The monoisotopic (exact) mass is 439 g/mol. The lowest BCUT2D eigenvalue weighted by Crippen LogP contribution is -2.38. The Morgan fingerprint density at radius 2 is 2.10 bits per heavy atom. The minimum Gasteiger partial charge on any atom is -0.483 e. The van der Waals surface area contributed by atoms with Gasteiger partial charge in [-0.1, -0.05) is 32.0 Å². The Morgan fingerprint density at radius 1 is 1.29 bits per heavy atom. The molecule has 0 bridgehead atoms. The molecular formula is C23H25N3O4S. The average molecular weight is 440 g/mol. The van der Waals surface area contributed by atoms with Gasteiger partial charge in [-0.2, -0.15) is 0 Å². The van der Waals surface area contributed by atoms with E-state index in [-0.39, 0.29) is 42.7 Å². The van der Waals surface area contributed by atoms with Gasteiger partial charge in [0.1, 0.15) is 5.75 Å². The fraction of sp³-hybridized carbons (Fsp3) is 0.304. The third kappa shape index (κ3) is 5.95. The van der Waals surface area contributed by atoms with Crippen molar-refractivity contribution in [2.45, 2.75) is 26.7 Å². The maximum absolute atomic E-state index is 12.5. The number of carbonyl (C=O) groups is 3. The molecule has 31 heavy (non-hydrogen) atoms. The lowest BCUT2D eigenvalue weighted by Gasteiger charge is -2.16.